The van der Waals surface area contributed by atoms with Crippen LogP contribution in [0.2, 0.25) is 0 Å². The number of aromatic nitrogens is 3. The van der Waals surface area contributed by atoms with Crippen molar-refractivity contribution in [2.24, 2.45) is 11.7 Å². The molecule has 1 aliphatic rings. The first kappa shape index (κ1) is 10.6. The van der Waals surface area contributed by atoms with E-state index in [4.69, 9.17) is 5.73 Å². The third-order valence-corrected chi connectivity index (χ3v) is 3.29. The van der Waals surface area contributed by atoms with Crippen molar-refractivity contribution in [3.8, 4) is 0 Å². The Bertz CT molecular complexity index is 307. The second-order valence-electron chi connectivity index (χ2n) is 4.49. The topological polar surface area (TPSA) is 56.7 Å². The van der Waals surface area contributed by atoms with Crippen molar-refractivity contribution in [2.45, 2.75) is 51.6 Å². The average molecular weight is 208 g/mol. The number of hydrogen-bond acceptors (Lipinski definition) is 3. The largest absolute Gasteiger partial charge is 0.328 e. The van der Waals surface area contributed by atoms with E-state index in [-0.39, 0.29) is 0 Å². The molecular weight excluding hydrogens is 188 g/mol. The van der Waals surface area contributed by atoms with Crippen molar-refractivity contribution in [2.75, 3.05) is 0 Å². The van der Waals surface area contributed by atoms with E-state index in [1.807, 2.05) is 4.68 Å². The summed E-state index contributed by atoms with van der Waals surface area (Å²) in [6.45, 7) is 3.01. The van der Waals surface area contributed by atoms with E-state index >= 15 is 0 Å². The lowest BCUT2D eigenvalue weighted by atomic mass is 9.84. The Morgan fingerprint density at radius 2 is 2.40 bits per heavy atom. The molecule has 1 aliphatic carbocycles. The molecule has 2 atom stereocenters. The van der Waals surface area contributed by atoms with Crippen LogP contribution in [-0.2, 0) is 13.0 Å². The number of hydrogen-bond donors (Lipinski definition) is 1. The van der Waals surface area contributed by atoms with Crippen LogP contribution < -0.4 is 5.73 Å². The summed E-state index contributed by atoms with van der Waals surface area (Å²) in [4.78, 5) is 4.32. The van der Waals surface area contributed by atoms with Gasteiger partial charge in [0.15, 0.2) is 0 Å². The zero-order valence-corrected chi connectivity index (χ0v) is 9.39. The molecule has 15 heavy (non-hydrogen) atoms. The zero-order chi connectivity index (χ0) is 10.7. The Morgan fingerprint density at radius 1 is 1.53 bits per heavy atom. The third-order valence-electron chi connectivity index (χ3n) is 3.29. The van der Waals surface area contributed by atoms with Gasteiger partial charge < -0.3 is 5.73 Å². The quantitative estimate of drug-likeness (QED) is 0.816. The van der Waals surface area contributed by atoms with Gasteiger partial charge in [0.2, 0.25) is 0 Å². The predicted octanol–water partition coefficient (Wildman–Crippen LogP) is 1.36. The first-order chi connectivity index (χ1) is 7.29. The summed E-state index contributed by atoms with van der Waals surface area (Å²) in [5, 5.41) is 4.19. The summed E-state index contributed by atoms with van der Waals surface area (Å²) < 4.78 is 1.99. The van der Waals surface area contributed by atoms with Crippen LogP contribution in [0.3, 0.4) is 0 Å². The fraction of sp³-hybridized carbons (Fsp3) is 0.818. The Kier molecular flexibility index (Phi) is 3.36. The molecule has 0 aliphatic heterocycles. The Balaban J connectivity index is 1.96. The SMILES string of the molecule is CCn1ncnc1CC1CCCC(N)C1. The van der Waals surface area contributed by atoms with Gasteiger partial charge in [-0.25, -0.2) is 4.98 Å². The summed E-state index contributed by atoms with van der Waals surface area (Å²) in [7, 11) is 0. The molecule has 2 N–H and O–H groups in total. The Labute approximate surface area is 90.9 Å². The summed E-state index contributed by atoms with van der Waals surface area (Å²) in [6, 6.07) is 0.404. The molecule has 1 fully saturated rings. The Morgan fingerprint density at radius 3 is 3.13 bits per heavy atom. The number of rotatable bonds is 3. The molecule has 0 saturated heterocycles. The molecular formula is C11H20N4. The molecule has 84 valence electrons. The standard InChI is InChI=1S/C11H20N4/c1-2-15-11(13-8-14-15)7-9-4-3-5-10(12)6-9/h8-10H,2-7,12H2,1H3. The van der Waals surface area contributed by atoms with Crippen LogP contribution in [0.4, 0.5) is 0 Å². The lowest BCUT2D eigenvalue weighted by Gasteiger charge is -2.26. The van der Waals surface area contributed by atoms with E-state index in [0.29, 0.717) is 12.0 Å². The van der Waals surface area contributed by atoms with E-state index in [0.717, 1.165) is 25.2 Å². The van der Waals surface area contributed by atoms with Crippen LogP contribution in [0.25, 0.3) is 0 Å². The van der Waals surface area contributed by atoms with Crippen molar-refractivity contribution in [3.05, 3.63) is 12.2 Å². The van der Waals surface area contributed by atoms with Crippen molar-refractivity contribution in [3.63, 3.8) is 0 Å². The van der Waals surface area contributed by atoms with Crippen molar-refractivity contribution >= 4 is 0 Å². The molecule has 2 unspecified atom stereocenters. The van der Waals surface area contributed by atoms with Crippen molar-refractivity contribution in [1.82, 2.24) is 14.8 Å². The van der Waals surface area contributed by atoms with E-state index in [1.165, 1.54) is 19.3 Å². The number of aryl methyl sites for hydroxylation is 1. The van der Waals surface area contributed by atoms with Crippen LogP contribution in [0, 0.1) is 5.92 Å². The van der Waals surface area contributed by atoms with Crippen LogP contribution in [0.1, 0.15) is 38.4 Å². The van der Waals surface area contributed by atoms with E-state index in [1.54, 1.807) is 6.33 Å². The van der Waals surface area contributed by atoms with Crippen LogP contribution in [0.15, 0.2) is 6.33 Å². The molecule has 1 aromatic rings. The van der Waals surface area contributed by atoms with Gasteiger partial charge >= 0.3 is 0 Å². The minimum Gasteiger partial charge on any atom is -0.328 e. The lowest BCUT2D eigenvalue weighted by Crippen LogP contribution is -2.29. The van der Waals surface area contributed by atoms with Gasteiger partial charge in [0, 0.05) is 19.0 Å². The molecule has 0 radical (unpaired) electrons. The minimum absolute atomic E-state index is 0.404. The highest BCUT2D eigenvalue weighted by molar-refractivity contribution is 4.89. The molecule has 0 amide bonds. The maximum atomic E-state index is 5.98. The average Bonchev–Trinajstić information content (AvgIpc) is 2.65. The van der Waals surface area contributed by atoms with Gasteiger partial charge in [-0.2, -0.15) is 5.10 Å². The highest BCUT2D eigenvalue weighted by Gasteiger charge is 2.21. The highest BCUT2D eigenvalue weighted by Crippen LogP contribution is 2.25. The molecule has 1 heterocycles. The minimum atomic E-state index is 0.404. The van der Waals surface area contributed by atoms with Crippen LogP contribution in [-0.4, -0.2) is 20.8 Å². The van der Waals surface area contributed by atoms with Gasteiger partial charge in [-0.1, -0.05) is 6.42 Å². The zero-order valence-electron chi connectivity index (χ0n) is 9.39. The molecule has 4 nitrogen and oxygen atoms in total. The highest BCUT2D eigenvalue weighted by atomic mass is 15.3. The first-order valence-corrected chi connectivity index (χ1v) is 5.92. The first-order valence-electron chi connectivity index (χ1n) is 5.92. The maximum absolute atomic E-state index is 5.98. The monoisotopic (exact) mass is 208 g/mol. The second-order valence-corrected chi connectivity index (χ2v) is 4.49. The van der Waals surface area contributed by atoms with Gasteiger partial charge in [0.05, 0.1) is 0 Å². The van der Waals surface area contributed by atoms with Gasteiger partial charge in [-0.05, 0) is 32.1 Å². The molecule has 1 aromatic heterocycles. The van der Waals surface area contributed by atoms with E-state index in [9.17, 15) is 0 Å². The van der Waals surface area contributed by atoms with Crippen LogP contribution in [0.5, 0.6) is 0 Å². The Hall–Kier alpha value is -0.900. The summed E-state index contributed by atoms with van der Waals surface area (Å²) in [5.74, 6) is 1.83. The molecule has 0 spiro atoms. The fourth-order valence-corrected chi connectivity index (χ4v) is 2.49. The second kappa shape index (κ2) is 4.75. The summed E-state index contributed by atoms with van der Waals surface area (Å²) >= 11 is 0. The van der Waals surface area contributed by atoms with Gasteiger partial charge in [0.25, 0.3) is 0 Å². The van der Waals surface area contributed by atoms with Crippen molar-refractivity contribution < 1.29 is 0 Å². The molecule has 0 aromatic carbocycles. The van der Waals surface area contributed by atoms with E-state index < -0.39 is 0 Å². The van der Waals surface area contributed by atoms with Crippen molar-refractivity contribution in [1.29, 1.82) is 0 Å². The van der Waals surface area contributed by atoms with Gasteiger partial charge in [0.1, 0.15) is 12.2 Å². The number of nitrogens with zero attached hydrogens (tertiary/aromatic N) is 3. The number of nitrogens with two attached hydrogens (primary N) is 1. The summed E-state index contributed by atoms with van der Waals surface area (Å²) in [5.41, 5.74) is 5.98. The lowest BCUT2D eigenvalue weighted by molar-refractivity contribution is 0.313. The molecule has 0 bridgehead atoms. The maximum Gasteiger partial charge on any atom is 0.138 e. The molecule has 1 saturated carbocycles. The molecule has 2 rings (SSSR count). The van der Waals surface area contributed by atoms with Crippen LogP contribution >= 0.6 is 0 Å². The third kappa shape index (κ3) is 2.56. The smallest absolute Gasteiger partial charge is 0.138 e. The predicted molar refractivity (Wildman–Crippen MR) is 59.3 cm³/mol. The normalized spacial score (nSPS) is 26.8. The van der Waals surface area contributed by atoms with Gasteiger partial charge in [-0.3, -0.25) is 4.68 Å². The fourth-order valence-electron chi connectivity index (χ4n) is 2.49. The van der Waals surface area contributed by atoms with Gasteiger partial charge in [-0.15, -0.1) is 0 Å². The molecule has 4 heteroatoms. The summed E-state index contributed by atoms with van der Waals surface area (Å²) in [6.07, 6.45) is 7.60. The van der Waals surface area contributed by atoms with E-state index in [2.05, 4.69) is 17.0 Å².